The van der Waals surface area contributed by atoms with Gasteiger partial charge in [0.05, 0.1) is 0 Å². The fourth-order valence-corrected chi connectivity index (χ4v) is 3.40. The molecular weight excluding hydrogens is 268 g/mol. The first kappa shape index (κ1) is 15.2. The lowest BCUT2D eigenvalue weighted by Gasteiger charge is -2.25. The van der Waals surface area contributed by atoms with E-state index in [0.29, 0.717) is 5.92 Å². The summed E-state index contributed by atoms with van der Waals surface area (Å²) in [5.41, 5.74) is 3.82. The number of nitrogens with zero attached hydrogens (tertiary/aromatic N) is 2. The Hall–Kier alpha value is -1.70. The molecule has 0 unspecified atom stereocenters. The Balaban J connectivity index is 1.70. The number of hydrogen-bond donors (Lipinski definition) is 0. The molecule has 116 valence electrons. The summed E-state index contributed by atoms with van der Waals surface area (Å²) >= 11 is 0. The van der Waals surface area contributed by atoms with Gasteiger partial charge in [-0.3, -0.25) is 0 Å². The van der Waals surface area contributed by atoms with Gasteiger partial charge in [0.25, 0.3) is 0 Å². The van der Waals surface area contributed by atoms with Crippen LogP contribution in [0.5, 0.6) is 0 Å². The van der Waals surface area contributed by atoms with Gasteiger partial charge < -0.3 is 0 Å². The molecule has 0 spiro atoms. The standard InChI is InChI=1S/C20H26N2/c1-3-4-16-7-11-18(12-8-16)20-21-13-19(14-22-20)17-9-5-15(2)6-10-17/h7-8,11-15,17H,3-6,9-10H2,1-2H3. The van der Waals surface area contributed by atoms with Gasteiger partial charge in [0.15, 0.2) is 5.82 Å². The van der Waals surface area contributed by atoms with Crippen LogP contribution in [0.4, 0.5) is 0 Å². The molecule has 2 heteroatoms. The summed E-state index contributed by atoms with van der Waals surface area (Å²) in [7, 11) is 0. The predicted molar refractivity (Wildman–Crippen MR) is 91.8 cm³/mol. The molecule has 1 fully saturated rings. The van der Waals surface area contributed by atoms with E-state index < -0.39 is 0 Å². The summed E-state index contributed by atoms with van der Waals surface area (Å²) in [6, 6.07) is 8.67. The van der Waals surface area contributed by atoms with Crippen LogP contribution in [0.15, 0.2) is 36.7 Å². The lowest BCUT2D eigenvalue weighted by molar-refractivity contribution is 0.347. The smallest absolute Gasteiger partial charge is 0.159 e. The second kappa shape index (κ2) is 7.04. The quantitative estimate of drug-likeness (QED) is 0.755. The largest absolute Gasteiger partial charge is 0.236 e. The van der Waals surface area contributed by atoms with Crippen LogP contribution in [0.1, 0.15) is 63.0 Å². The van der Waals surface area contributed by atoms with E-state index in [9.17, 15) is 0 Å². The van der Waals surface area contributed by atoms with Crippen LogP contribution in [-0.4, -0.2) is 9.97 Å². The van der Waals surface area contributed by atoms with Gasteiger partial charge in [0, 0.05) is 18.0 Å². The van der Waals surface area contributed by atoms with Crippen molar-refractivity contribution in [1.29, 1.82) is 0 Å². The molecule has 3 rings (SSSR count). The summed E-state index contributed by atoms with van der Waals surface area (Å²) in [6.07, 6.45) is 11.7. The third kappa shape index (κ3) is 3.55. The number of benzene rings is 1. The fraction of sp³-hybridized carbons (Fsp3) is 0.500. The van der Waals surface area contributed by atoms with Gasteiger partial charge >= 0.3 is 0 Å². The van der Waals surface area contributed by atoms with Crippen LogP contribution in [0.2, 0.25) is 0 Å². The number of aromatic nitrogens is 2. The van der Waals surface area contributed by atoms with E-state index in [4.69, 9.17) is 0 Å². The zero-order valence-electron chi connectivity index (χ0n) is 13.8. The maximum absolute atomic E-state index is 4.61. The molecule has 0 N–H and O–H groups in total. The molecule has 1 heterocycles. The molecule has 0 aliphatic heterocycles. The normalized spacial score (nSPS) is 21.7. The highest BCUT2D eigenvalue weighted by atomic mass is 14.9. The van der Waals surface area contributed by atoms with Crippen LogP contribution >= 0.6 is 0 Å². The van der Waals surface area contributed by atoms with E-state index >= 15 is 0 Å². The van der Waals surface area contributed by atoms with Crippen molar-refractivity contribution in [3.05, 3.63) is 47.8 Å². The second-order valence-electron chi connectivity index (χ2n) is 6.74. The summed E-state index contributed by atoms with van der Waals surface area (Å²) in [6.45, 7) is 4.57. The molecular formula is C20H26N2. The summed E-state index contributed by atoms with van der Waals surface area (Å²) in [4.78, 5) is 9.22. The lowest BCUT2D eigenvalue weighted by Crippen LogP contribution is -2.11. The molecule has 2 aromatic rings. The van der Waals surface area contributed by atoms with Crippen molar-refractivity contribution in [3.8, 4) is 11.4 Å². The molecule has 1 aromatic heterocycles. The first-order valence-corrected chi connectivity index (χ1v) is 8.67. The van der Waals surface area contributed by atoms with Gasteiger partial charge in [-0.25, -0.2) is 9.97 Å². The summed E-state index contributed by atoms with van der Waals surface area (Å²) in [5, 5.41) is 0. The van der Waals surface area contributed by atoms with E-state index in [-0.39, 0.29) is 0 Å². The Kier molecular flexibility index (Phi) is 4.87. The second-order valence-corrected chi connectivity index (χ2v) is 6.74. The molecule has 1 saturated carbocycles. The first-order chi connectivity index (χ1) is 10.8. The average Bonchev–Trinajstić information content (AvgIpc) is 2.57. The molecule has 0 radical (unpaired) electrons. The van der Waals surface area contributed by atoms with E-state index in [1.807, 2.05) is 12.4 Å². The van der Waals surface area contributed by atoms with Crippen LogP contribution in [0, 0.1) is 5.92 Å². The van der Waals surface area contributed by atoms with Gasteiger partial charge in [-0.1, -0.05) is 57.4 Å². The third-order valence-electron chi connectivity index (χ3n) is 4.91. The van der Waals surface area contributed by atoms with Crippen molar-refractivity contribution in [2.75, 3.05) is 0 Å². The molecule has 2 nitrogen and oxygen atoms in total. The number of rotatable bonds is 4. The zero-order chi connectivity index (χ0) is 15.4. The minimum atomic E-state index is 0.664. The lowest BCUT2D eigenvalue weighted by atomic mass is 9.80. The highest BCUT2D eigenvalue weighted by Crippen LogP contribution is 2.35. The fourth-order valence-electron chi connectivity index (χ4n) is 3.40. The molecule has 0 bridgehead atoms. The molecule has 0 amide bonds. The SMILES string of the molecule is CCCc1ccc(-c2ncc(C3CCC(C)CC3)cn2)cc1. The van der Waals surface area contributed by atoms with Crippen molar-refractivity contribution in [3.63, 3.8) is 0 Å². The molecule has 0 saturated heterocycles. The molecule has 1 aliphatic rings. The molecule has 1 aliphatic carbocycles. The highest BCUT2D eigenvalue weighted by Gasteiger charge is 2.20. The maximum Gasteiger partial charge on any atom is 0.159 e. The van der Waals surface area contributed by atoms with E-state index in [2.05, 4.69) is 48.1 Å². The Labute approximate surface area is 134 Å². The van der Waals surface area contributed by atoms with Gasteiger partial charge in [0.2, 0.25) is 0 Å². The topological polar surface area (TPSA) is 25.8 Å². The Bertz CT molecular complexity index is 578. The van der Waals surface area contributed by atoms with Gasteiger partial charge in [-0.05, 0) is 42.2 Å². The summed E-state index contributed by atoms with van der Waals surface area (Å²) < 4.78 is 0. The highest BCUT2D eigenvalue weighted by molar-refractivity contribution is 5.55. The first-order valence-electron chi connectivity index (χ1n) is 8.67. The average molecular weight is 294 g/mol. The zero-order valence-corrected chi connectivity index (χ0v) is 13.8. The van der Waals surface area contributed by atoms with Crippen LogP contribution in [0.3, 0.4) is 0 Å². The van der Waals surface area contributed by atoms with E-state index in [1.165, 1.54) is 43.2 Å². The molecule has 0 atom stereocenters. The minimum Gasteiger partial charge on any atom is -0.236 e. The number of hydrogen-bond acceptors (Lipinski definition) is 2. The van der Waals surface area contributed by atoms with Crippen LogP contribution < -0.4 is 0 Å². The summed E-state index contributed by atoms with van der Waals surface area (Å²) in [5.74, 6) is 2.39. The van der Waals surface area contributed by atoms with E-state index in [1.54, 1.807) is 0 Å². The Morgan fingerprint density at radius 1 is 0.955 bits per heavy atom. The van der Waals surface area contributed by atoms with Crippen molar-refractivity contribution in [1.82, 2.24) is 9.97 Å². The third-order valence-corrected chi connectivity index (χ3v) is 4.91. The van der Waals surface area contributed by atoms with Gasteiger partial charge in [0.1, 0.15) is 0 Å². The van der Waals surface area contributed by atoms with Crippen molar-refractivity contribution in [2.45, 2.75) is 58.3 Å². The minimum absolute atomic E-state index is 0.664. The Morgan fingerprint density at radius 3 is 2.18 bits per heavy atom. The van der Waals surface area contributed by atoms with Crippen LogP contribution in [-0.2, 0) is 6.42 Å². The maximum atomic E-state index is 4.61. The predicted octanol–water partition coefficient (Wildman–Crippen LogP) is 5.39. The number of aryl methyl sites for hydroxylation is 1. The van der Waals surface area contributed by atoms with Crippen molar-refractivity contribution in [2.24, 2.45) is 5.92 Å². The molecule has 1 aromatic carbocycles. The van der Waals surface area contributed by atoms with Gasteiger partial charge in [-0.2, -0.15) is 0 Å². The Morgan fingerprint density at radius 2 is 1.59 bits per heavy atom. The molecule has 22 heavy (non-hydrogen) atoms. The van der Waals surface area contributed by atoms with Crippen molar-refractivity contribution < 1.29 is 0 Å². The van der Waals surface area contributed by atoms with Crippen LogP contribution in [0.25, 0.3) is 11.4 Å². The monoisotopic (exact) mass is 294 g/mol. The van der Waals surface area contributed by atoms with Crippen molar-refractivity contribution >= 4 is 0 Å². The van der Waals surface area contributed by atoms with Gasteiger partial charge in [-0.15, -0.1) is 0 Å². The van der Waals surface area contributed by atoms with E-state index in [0.717, 1.165) is 23.7 Å².